The third-order valence-corrected chi connectivity index (χ3v) is 4.16. The van der Waals surface area contributed by atoms with Crippen molar-refractivity contribution in [3.63, 3.8) is 0 Å². The second-order valence-electron chi connectivity index (χ2n) is 6.44. The van der Waals surface area contributed by atoms with Crippen LogP contribution in [0.25, 0.3) is 11.5 Å². The summed E-state index contributed by atoms with van der Waals surface area (Å²) in [5.74, 6) is 1.04. The van der Waals surface area contributed by atoms with Gasteiger partial charge in [0.25, 0.3) is 0 Å². The first-order valence-corrected chi connectivity index (χ1v) is 9.30. The summed E-state index contributed by atoms with van der Waals surface area (Å²) >= 11 is 0. The summed E-state index contributed by atoms with van der Waals surface area (Å²) < 4.78 is 18.5. The molecule has 2 aromatic rings. The van der Waals surface area contributed by atoms with Crippen LogP contribution in [-0.4, -0.2) is 30.6 Å². The maximum absolute atomic E-state index is 13.0. The number of nitrogens with zero attached hydrogens (tertiary/aromatic N) is 2. The Kier molecular flexibility index (Phi) is 11.0. The zero-order chi connectivity index (χ0) is 18.8. The van der Waals surface area contributed by atoms with Crippen LogP contribution in [0, 0.1) is 5.82 Å². The quantitative estimate of drug-likeness (QED) is 0.231. The van der Waals surface area contributed by atoms with Crippen molar-refractivity contribution in [2.45, 2.75) is 52.0 Å². The molecular weight excluding hydrogens is 458 g/mol. The van der Waals surface area contributed by atoms with Crippen molar-refractivity contribution in [1.82, 2.24) is 15.6 Å². The Morgan fingerprint density at radius 1 is 1.26 bits per heavy atom. The topological polar surface area (TPSA) is 62.5 Å². The Bertz CT molecular complexity index is 688. The Morgan fingerprint density at radius 3 is 2.67 bits per heavy atom. The summed E-state index contributed by atoms with van der Waals surface area (Å²) in [4.78, 5) is 8.72. The molecule has 0 saturated heterocycles. The molecule has 7 heteroatoms. The van der Waals surface area contributed by atoms with E-state index in [0.717, 1.165) is 30.1 Å². The predicted molar refractivity (Wildman–Crippen MR) is 119 cm³/mol. The van der Waals surface area contributed by atoms with Crippen molar-refractivity contribution in [3.8, 4) is 11.5 Å². The van der Waals surface area contributed by atoms with Gasteiger partial charge in [0.2, 0.25) is 5.89 Å². The third kappa shape index (κ3) is 8.28. The van der Waals surface area contributed by atoms with Gasteiger partial charge in [0.05, 0.1) is 5.69 Å². The molecule has 1 atom stereocenters. The van der Waals surface area contributed by atoms with E-state index in [2.05, 4.69) is 34.5 Å². The van der Waals surface area contributed by atoms with Gasteiger partial charge >= 0.3 is 0 Å². The molecule has 0 spiro atoms. The summed E-state index contributed by atoms with van der Waals surface area (Å²) in [5, 5.41) is 6.71. The lowest BCUT2D eigenvalue weighted by molar-refractivity contribution is 0.546. The number of hydrogen-bond donors (Lipinski definition) is 2. The molecule has 2 N–H and O–H groups in total. The minimum absolute atomic E-state index is 0. The maximum Gasteiger partial charge on any atom is 0.226 e. The zero-order valence-electron chi connectivity index (χ0n) is 16.3. The molecule has 0 saturated carbocycles. The van der Waals surface area contributed by atoms with Crippen LogP contribution < -0.4 is 10.6 Å². The lowest BCUT2D eigenvalue weighted by Crippen LogP contribution is -2.42. The van der Waals surface area contributed by atoms with Crippen LogP contribution in [0.3, 0.4) is 0 Å². The summed E-state index contributed by atoms with van der Waals surface area (Å²) in [7, 11) is 1.77. The number of aromatic nitrogens is 1. The standard InChI is InChI=1S/C20H29FN4O.HI/c1-4-5-6-7-15(2)24-20(22-3)23-13-12-18-14-26-19(25-18)16-8-10-17(21)11-9-16;/h8-11,14-15H,4-7,12-13H2,1-3H3,(H2,22,23,24);1H. The Morgan fingerprint density at radius 2 is 2.00 bits per heavy atom. The van der Waals surface area contributed by atoms with Crippen LogP contribution in [0.5, 0.6) is 0 Å². The van der Waals surface area contributed by atoms with E-state index < -0.39 is 0 Å². The molecule has 1 unspecified atom stereocenters. The fourth-order valence-electron chi connectivity index (χ4n) is 2.66. The van der Waals surface area contributed by atoms with Gasteiger partial charge in [-0.15, -0.1) is 24.0 Å². The predicted octanol–water partition coefficient (Wildman–Crippen LogP) is 4.78. The lowest BCUT2D eigenvalue weighted by Gasteiger charge is -2.17. The van der Waals surface area contributed by atoms with Gasteiger partial charge in [0.15, 0.2) is 5.96 Å². The van der Waals surface area contributed by atoms with E-state index in [-0.39, 0.29) is 29.8 Å². The number of benzene rings is 1. The SMILES string of the molecule is CCCCCC(C)NC(=NC)NCCc1coc(-c2ccc(F)cc2)n1.I. The highest BCUT2D eigenvalue weighted by molar-refractivity contribution is 14.0. The minimum Gasteiger partial charge on any atom is -0.444 e. The van der Waals surface area contributed by atoms with Crippen molar-refractivity contribution >= 4 is 29.9 Å². The summed E-state index contributed by atoms with van der Waals surface area (Å²) in [6, 6.07) is 6.52. The molecule has 0 aliphatic heterocycles. The molecule has 5 nitrogen and oxygen atoms in total. The van der Waals surface area contributed by atoms with Gasteiger partial charge in [0.1, 0.15) is 12.1 Å². The van der Waals surface area contributed by atoms with Gasteiger partial charge in [-0.25, -0.2) is 9.37 Å². The molecule has 0 aliphatic carbocycles. The molecule has 27 heavy (non-hydrogen) atoms. The molecule has 0 fully saturated rings. The van der Waals surface area contributed by atoms with E-state index in [1.54, 1.807) is 25.4 Å². The zero-order valence-corrected chi connectivity index (χ0v) is 18.6. The largest absolute Gasteiger partial charge is 0.444 e. The first-order chi connectivity index (χ1) is 12.6. The summed E-state index contributed by atoms with van der Waals surface area (Å²) in [5.41, 5.74) is 1.62. The second kappa shape index (κ2) is 12.7. The third-order valence-electron chi connectivity index (χ3n) is 4.16. The first-order valence-electron chi connectivity index (χ1n) is 9.30. The van der Waals surface area contributed by atoms with Crippen LogP contribution in [0.1, 0.15) is 45.2 Å². The molecule has 0 aliphatic rings. The highest BCUT2D eigenvalue weighted by Crippen LogP contribution is 2.18. The van der Waals surface area contributed by atoms with Gasteiger partial charge in [0, 0.05) is 31.6 Å². The molecule has 2 rings (SSSR count). The molecular formula is C20H30FIN4O. The number of hydrogen-bond acceptors (Lipinski definition) is 3. The second-order valence-corrected chi connectivity index (χ2v) is 6.44. The average molecular weight is 488 g/mol. The van der Waals surface area contributed by atoms with Crippen molar-refractivity contribution in [2.75, 3.05) is 13.6 Å². The van der Waals surface area contributed by atoms with Gasteiger partial charge in [-0.1, -0.05) is 26.2 Å². The van der Waals surface area contributed by atoms with Crippen LogP contribution in [0.4, 0.5) is 4.39 Å². The smallest absolute Gasteiger partial charge is 0.226 e. The number of aliphatic imine (C=N–C) groups is 1. The maximum atomic E-state index is 13.0. The molecule has 1 heterocycles. The number of unbranched alkanes of at least 4 members (excludes halogenated alkanes) is 2. The number of rotatable bonds is 9. The lowest BCUT2D eigenvalue weighted by atomic mass is 10.1. The summed E-state index contributed by atoms with van der Waals surface area (Å²) in [6.07, 6.45) is 7.23. The first kappa shape index (κ1) is 23.4. The number of halogens is 2. The van der Waals surface area contributed by atoms with E-state index in [4.69, 9.17) is 4.42 Å². The Hall–Kier alpha value is -1.64. The number of nitrogens with one attached hydrogen (secondary N) is 2. The Balaban J connectivity index is 0.00000364. The monoisotopic (exact) mass is 488 g/mol. The number of guanidine groups is 1. The molecule has 150 valence electrons. The fraction of sp³-hybridized carbons (Fsp3) is 0.500. The van der Waals surface area contributed by atoms with Crippen molar-refractivity contribution in [3.05, 3.63) is 42.0 Å². The Labute approximate surface area is 178 Å². The van der Waals surface area contributed by atoms with E-state index in [0.29, 0.717) is 18.5 Å². The average Bonchev–Trinajstić information content (AvgIpc) is 3.10. The molecule has 0 radical (unpaired) electrons. The van der Waals surface area contributed by atoms with E-state index >= 15 is 0 Å². The van der Waals surface area contributed by atoms with Crippen molar-refractivity contribution in [1.29, 1.82) is 0 Å². The molecule has 0 bridgehead atoms. The van der Waals surface area contributed by atoms with Gasteiger partial charge in [-0.05, 0) is 37.6 Å². The van der Waals surface area contributed by atoms with Gasteiger partial charge < -0.3 is 15.1 Å². The van der Waals surface area contributed by atoms with Crippen LogP contribution in [-0.2, 0) is 6.42 Å². The number of oxazole rings is 1. The minimum atomic E-state index is -0.271. The van der Waals surface area contributed by atoms with Gasteiger partial charge in [-0.3, -0.25) is 4.99 Å². The normalized spacial score (nSPS) is 12.4. The van der Waals surface area contributed by atoms with Crippen molar-refractivity contribution < 1.29 is 8.81 Å². The fourth-order valence-corrected chi connectivity index (χ4v) is 2.66. The highest BCUT2D eigenvalue weighted by atomic mass is 127. The van der Waals surface area contributed by atoms with E-state index in [9.17, 15) is 4.39 Å². The van der Waals surface area contributed by atoms with Crippen LogP contribution in [0.15, 0.2) is 39.9 Å². The van der Waals surface area contributed by atoms with Gasteiger partial charge in [-0.2, -0.15) is 0 Å². The van der Waals surface area contributed by atoms with Crippen LogP contribution >= 0.6 is 24.0 Å². The van der Waals surface area contributed by atoms with Crippen LogP contribution in [0.2, 0.25) is 0 Å². The molecule has 1 aromatic carbocycles. The summed E-state index contributed by atoms with van der Waals surface area (Å²) in [6.45, 7) is 5.09. The van der Waals surface area contributed by atoms with E-state index in [1.165, 1.54) is 31.4 Å². The van der Waals surface area contributed by atoms with E-state index in [1.807, 2.05) is 0 Å². The van der Waals surface area contributed by atoms with Crippen molar-refractivity contribution in [2.24, 2.45) is 4.99 Å². The molecule has 1 aromatic heterocycles. The highest BCUT2D eigenvalue weighted by Gasteiger charge is 2.08. The molecule has 0 amide bonds.